The normalized spacial score (nSPS) is 14.7. The third-order valence-corrected chi connectivity index (χ3v) is 12.0. The highest BCUT2D eigenvalue weighted by atomic mass is 16.6. The van der Waals surface area contributed by atoms with Gasteiger partial charge in [-0.05, 0) is 103 Å². The summed E-state index contributed by atoms with van der Waals surface area (Å²) in [5.41, 5.74) is 4.29. The molecule has 0 fully saturated rings. The lowest BCUT2D eigenvalue weighted by atomic mass is 9.80. The molecule has 0 radical (unpaired) electrons. The van der Waals surface area contributed by atoms with Crippen LogP contribution >= 0.6 is 0 Å². The van der Waals surface area contributed by atoms with Crippen LogP contribution in [0.2, 0.25) is 0 Å². The second-order valence-electron chi connectivity index (χ2n) is 20.5. The Kier molecular flexibility index (Phi) is 8.24. The minimum atomic E-state index is -0.783. The molecular formula is C52H48O8. The fourth-order valence-electron chi connectivity index (χ4n) is 8.55. The van der Waals surface area contributed by atoms with E-state index in [0.717, 1.165) is 22.3 Å². The Bertz CT molecular complexity index is 2810. The zero-order valence-corrected chi connectivity index (χ0v) is 36.2. The van der Waals surface area contributed by atoms with Crippen LogP contribution in [0.5, 0.6) is 23.0 Å². The number of ether oxygens (including phenoxy) is 4. The maximum atomic E-state index is 13.8. The number of cyclic esters (lactones) is 4. The largest absolute Gasteiger partial charge is 0.457 e. The molecule has 0 saturated heterocycles. The Hall–Kier alpha value is -6.28. The van der Waals surface area contributed by atoms with Crippen LogP contribution in [-0.4, -0.2) is 23.9 Å². The van der Waals surface area contributed by atoms with E-state index < -0.39 is 23.9 Å². The summed E-state index contributed by atoms with van der Waals surface area (Å²) in [6.45, 7) is 25.8. The Labute approximate surface area is 349 Å². The van der Waals surface area contributed by atoms with Gasteiger partial charge in [-0.2, -0.15) is 0 Å². The summed E-state index contributed by atoms with van der Waals surface area (Å²) in [6.07, 6.45) is 0. The molecule has 7 aromatic rings. The number of fused-ring (bicyclic) bond motifs is 2. The summed E-state index contributed by atoms with van der Waals surface area (Å²) < 4.78 is 24.6. The summed E-state index contributed by atoms with van der Waals surface area (Å²) in [5.74, 6) is -1.24. The number of carbonyl (C=O) groups is 4. The Morgan fingerprint density at radius 1 is 0.350 bits per heavy atom. The van der Waals surface area contributed by atoms with Crippen molar-refractivity contribution in [2.75, 3.05) is 0 Å². The highest BCUT2D eigenvalue weighted by Gasteiger charge is 2.36. The molecule has 0 atom stereocenters. The molecule has 8 nitrogen and oxygen atoms in total. The molecular weight excluding hydrogens is 753 g/mol. The molecule has 0 saturated carbocycles. The summed E-state index contributed by atoms with van der Waals surface area (Å²) in [6, 6.07) is 22.7. The smallest absolute Gasteiger partial charge is 0.346 e. The van der Waals surface area contributed by atoms with Gasteiger partial charge in [0.15, 0.2) is 0 Å². The molecule has 7 aromatic carbocycles. The maximum absolute atomic E-state index is 13.8. The van der Waals surface area contributed by atoms with Gasteiger partial charge in [-0.3, -0.25) is 0 Å². The van der Waals surface area contributed by atoms with Crippen LogP contribution in [0.4, 0.5) is 0 Å². The SMILES string of the molecule is CC(C)(C)c1cc(Oc2cc3c4c(ccc5c6c(Oc7cc(C(C)(C)C)cc(C(C)(C)C)c7)cc7c8c(ccc(c2c45)c86)C(=O)OC7=O)C(=O)OC3=O)cc(C(C)(C)C)c1. The molecule has 304 valence electrons. The molecule has 0 aliphatic carbocycles. The summed E-state index contributed by atoms with van der Waals surface area (Å²) in [7, 11) is 0. The number of rotatable bonds is 4. The van der Waals surface area contributed by atoms with Crippen LogP contribution in [-0.2, 0) is 31.1 Å². The average Bonchev–Trinajstić information content (AvgIpc) is 3.14. The molecule has 9 rings (SSSR count). The van der Waals surface area contributed by atoms with Crippen LogP contribution in [0.1, 0.15) is 147 Å². The van der Waals surface area contributed by atoms with Crippen LogP contribution in [0.25, 0.3) is 43.1 Å². The minimum absolute atomic E-state index is 0.186. The first kappa shape index (κ1) is 39.2. The zero-order valence-electron chi connectivity index (χ0n) is 36.2. The molecule has 2 heterocycles. The summed E-state index contributed by atoms with van der Waals surface area (Å²) in [5, 5.41) is 4.53. The first-order valence-corrected chi connectivity index (χ1v) is 20.4. The monoisotopic (exact) mass is 800 g/mol. The van der Waals surface area contributed by atoms with Crippen molar-refractivity contribution in [3.05, 3.63) is 117 Å². The topological polar surface area (TPSA) is 105 Å². The van der Waals surface area contributed by atoms with Crippen LogP contribution in [0.15, 0.2) is 72.8 Å². The zero-order chi connectivity index (χ0) is 43.2. The van der Waals surface area contributed by atoms with E-state index in [0.29, 0.717) is 66.1 Å². The quantitative estimate of drug-likeness (QED) is 0.0750. The second kappa shape index (κ2) is 12.6. The fraction of sp³-hybridized carbons (Fsp3) is 0.308. The lowest BCUT2D eigenvalue weighted by Gasteiger charge is -2.28. The van der Waals surface area contributed by atoms with Crippen molar-refractivity contribution in [3.8, 4) is 23.0 Å². The highest BCUT2D eigenvalue weighted by molar-refractivity contribution is 6.41. The molecule has 0 N–H and O–H groups in total. The minimum Gasteiger partial charge on any atom is -0.457 e. The van der Waals surface area contributed by atoms with Crippen molar-refractivity contribution >= 4 is 67.0 Å². The van der Waals surface area contributed by atoms with Crippen LogP contribution in [0.3, 0.4) is 0 Å². The van der Waals surface area contributed by atoms with Gasteiger partial charge in [0.2, 0.25) is 0 Å². The fourth-order valence-corrected chi connectivity index (χ4v) is 8.55. The molecule has 8 heteroatoms. The van der Waals surface area contributed by atoms with Crippen molar-refractivity contribution < 1.29 is 38.1 Å². The first-order valence-electron chi connectivity index (χ1n) is 20.4. The highest BCUT2D eigenvalue weighted by Crippen LogP contribution is 2.53. The van der Waals surface area contributed by atoms with Crippen molar-refractivity contribution in [1.82, 2.24) is 0 Å². The van der Waals surface area contributed by atoms with E-state index in [4.69, 9.17) is 18.9 Å². The van der Waals surface area contributed by atoms with E-state index in [1.54, 1.807) is 24.3 Å². The third kappa shape index (κ3) is 6.10. The Balaban J connectivity index is 1.43. The molecule has 2 aliphatic rings. The molecule has 0 spiro atoms. The van der Waals surface area contributed by atoms with E-state index in [2.05, 4.69) is 95.2 Å². The first-order chi connectivity index (χ1) is 27.9. The number of hydrogen-bond acceptors (Lipinski definition) is 8. The molecule has 2 aliphatic heterocycles. The third-order valence-electron chi connectivity index (χ3n) is 12.0. The van der Waals surface area contributed by atoms with Crippen LogP contribution < -0.4 is 9.47 Å². The molecule has 60 heavy (non-hydrogen) atoms. The van der Waals surface area contributed by atoms with Crippen molar-refractivity contribution in [3.63, 3.8) is 0 Å². The summed E-state index contributed by atoms with van der Waals surface area (Å²) in [4.78, 5) is 54.4. The Morgan fingerprint density at radius 3 is 0.950 bits per heavy atom. The van der Waals surface area contributed by atoms with Gasteiger partial charge < -0.3 is 18.9 Å². The molecule has 0 aromatic heterocycles. The Morgan fingerprint density at radius 2 is 0.650 bits per heavy atom. The number of benzene rings is 7. The van der Waals surface area contributed by atoms with Gasteiger partial charge >= 0.3 is 23.9 Å². The van der Waals surface area contributed by atoms with Crippen LogP contribution in [0, 0.1) is 0 Å². The predicted octanol–water partition coefficient (Wildman–Crippen LogP) is 13.1. The van der Waals surface area contributed by atoms with E-state index in [9.17, 15) is 19.2 Å². The van der Waals surface area contributed by atoms with E-state index in [1.165, 1.54) is 0 Å². The van der Waals surface area contributed by atoms with Crippen molar-refractivity contribution in [2.24, 2.45) is 0 Å². The molecule has 0 bridgehead atoms. The van der Waals surface area contributed by atoms with Gasteiger partial charge in [0, 0.05) is 32.3 Å². The van der Waals surface area contributed by atoms with Gasteiger partial charge in [-0.25, -0.2) is 19.2 Å². The van der Waals surface area contributed by atoms with Crippen molar-refractivity contribution in [2.45, 2.75) is 105 Å². The second-order valence-corrected chi connectivity index (χ2v) is 20.5. The van der Waals surface area contributed by atoms with E-state index in [-0.39, 0.29) is 43.9 Å². The van der Waals surface area contributed by atoms with Gasteiger partial charge in [-0.15, -0.1) is 0 Å². The van der Waals surface area contributed by atoms with Gasteiger partial charge in [0.1, 0.15) is 23.0 Å². The van der Waals surface area contributed by atoms with E-state index in [1.807, 2.05) is 36.4 Å². The van der Waals surface area contributed by atoms with Gasteiger partial charge in [-0.1, -0.05) is 107 Å². The number of carbonyl (C=O) groups excluding carboxylic acids is 4. The predicted molar refractivity (Wildman–Crippen MR) is 235 cm³/mol. The number of esters is 4. The summed E-state index contributed by atoms with van der Waals surface area (Å²) >= 11 is 0. The maximum Gasteiger partial charge on any atom is 0.346 e. The lowest BCUT2D eigenvalue weighted by molar-refractivity contribution is 0.0373. The van der Waals surface area contributed by atoms with Gasteiger partial charge in [0.05, 0.1) is 22.3 Å². The molecule has 0 amide bonds. The van der Waals surface area contributed by atoms with Crippen molar-refractivity contribution in [1.29, 1.82) is 0 Å². The standard InChI is InChI=1S/C52H48O8/c1-49(2,3)25-17-26(50(4,5)6)20-29(19-25)57-37-23-35-39-33(45(53)59-47(35)55)16-14-32-42-38(58-30-21-27(51(7,8)9)18-28(22-30)52(10,11)12)24-36-40-34(46(54)60-48(36)56)15-13-31(44(40)42)41(37)43(32)39/h13-24H,1-12H3. The average molecular weight is 801 g/mol. The lowest BCUT2D eigenvalue weighted by Crippen LogP contribution is -2.21. The number of hydrogen-bond donors (Lipinski definition) is 0. The molecule has 0 unspecified atom stereocenters. The van der Waals surface area contributed by atoms with Gasteiger partial charge in [0.25, 0.3) is 0 Å². The van der Waals surface area contributed by atoms with E-state index >= 15 is 0 Å².